The monoisotopic (exact) mass is 148 g/mol. The fraction of sp³-hybridized carbons (Fsp3) is 0.125. The molecule has 0 aliphatic rings. The van der Waals surface area contributed by atoms with Gasteiger partial charge in [-0.2, -0.15) is 5.11 Å². The third-order valence-corrected chi connectivity index (χ3v) is 1.48. The summed E-state index contributed by atoms with van der Waals surface area (Å²) in [5.74, 6) is 0. The quantitative estimate of drug-likeness (QED) is 0.508. The Morgan fingerprint density at radius 2 is 2.27 bits per heavy atom. The molecule has 0 bridgehead atoms. The van der Waals surface area contributed by atoms with Crippen molar-refractivity contribution in [3.63, 3.8) is 0 Å². The van der Waals surface area contributed by atoms with E-state index in [1.165, 1.54) is 0 Å². The van der Waals surface area contributed by atoms with Gasteiger partial charge in [0.05, 0.1) is 5.69 Å². The Bertz CT molecular complexity index is 294. The number of aldehydes is 1. The first-order chi connectivity index (χ1) is 5.27. The van der Waals surface area contributed by atoms with Crippen LogP contribution < -0.4 is 0 Å². The summed E-state index contributed by atoms with van der Waals surface area (Å²) < 4.78 is 0. The molecule has 56 valence electrons. The first-order valence-corrected chi connectivity index (χ1v) is 3.21. The number of nitrogens with zero attached hydrogens (tertiary/aromatic N) is 1. The second kappa shape index (κ2) is 3.05. The van der Waals surface area contributed by atoms with E-state index in [-0.39, 0.29) is 0 Å². The average Bonchev–Trinajstić information content (AvgIpc) is 2.04. The first kappa shape index (κ1) is 7.60. The molecule has 0 fully saturated rings. The van der Waals surface area contributed by atoms with Crippen LogP contribution in [0.2, 0.25) is 0 Å². The van der Waals surface area contributed by atoms with Crippen molar-refractivity contribution in [3.8, 4) is 0 Å². The Hall–Kier alpha value is -1.51. The van der Waals surface area contributed by atoms with Crippen molar-refractivity contribution >= 4 is 12.0 Å². The van der Waals surface area contributed by atoms with Crippen molar-refractivity contribution in [2.75, 3.05) is 0 Å². The van der Waals surface area contributed by atoms with Crippen molar-refractivity contribution in [2.24, 2.45) is 5.11 Å². The fourth-order valence-corrected chi connectivity index (χ4v) is 0.877. The van der Waals surface area contributed by atoms with Crippen molar-refractivity contribution in [1.29, 1.82) is 5.53 Å². The Kier molecular flexibility index (Phi) is 2.11. The SMILES string of the molecule is Cc1cc(C=O)ccc1N=N. The molecule has 0 heterocycles. The standard InChI is InChI=1S/C8H8N2O/c1-6-4-7(5-11)2-3-8(6)10-9/h2-5,9H,1H3. The Morgan fingerprint density at radius 3 is 2.73 bits per heavy atom. The largest absolute Gasteiger partial charge is 0.298 e. The van der Waals surface area contributed by atoms with Crippen molar-refractivity contribution < 1.29 is 4.79 Å². The first-order valence-electron chi connectivity index (χ1n) is 3.21. The third-order valence-electron chi connectivity index (χ3n) is 1.48. The van der Waals surface area contributed by atoms with Gasteiger partial charge in [-0.3, -0.25) is 4.79 Å². The topological polar surface area (TPSA) is 53.3 Å². The van der Waals surface area contributed by atoms with Crippen LogP contribution >= 0.6 is 0 Å². The van der Waals surface area contributed by atoms with Gasteiger partial charge in [0.1, 0.15) is 6.29 Å². The van der Waals surface area contributed by atoms with E-state index < -0.39 is 0 Å². The summed E-state index contributed by atoms with van der Waals surface area (Å²) in [5, 5.41) is 3.28. The second-order valence-electron chi connectivity index (χ2n) is 2.28. The number of aryl methyl sites for hydroxylation is 1. The molecule has 11 heavy (non-hydrogen) atoms. The van der Waals surface area contributed by atoms with E-state index in [9.17, 15) is 4.79 Å². The Labute approximate surface area is 64.6 Å². The molecule has 0 aliphatic carbocycles. The molecule has 3 nitrogen and oxygen atoms in total. The average molecular weight is 148 g/mol. The fourth-order valence-electron chi connectivity index (χ4n) is 0.877. The molecule has 0 saturated carbocycles. The van der Waals surface area contributed by atoms with Crippen LogP contribution in [0.5, 0.6) is 0 Å². The molecule has 0 unspecified atom stereocenters. The summed E-state index contributed by atoms with van der Waals surface area (Å²) in [6.07, 6.45) is 0.778. The molecular formula is C8H8N2O. The highest BCUT2D eigenvalue weighted by Crippen LogP contribution is 2.17. The van der Waals surface area contributed by atoms with Crippen LogP contribution in [0.3, 0.4) is 0 Å². The number of carbonyl (C=O) groups is 1. The predicted octanol–water partition coefficient (Wildman–Crippen LogP) is 2.47. The zero-order chi connectivity index (χ0) is 8.27. The zero-order valence-electron chi connectivity index (χ0n) is 6.16. The highest BCUT2D eigenvalue weighted by atomic mass is 16.1. The Morgan fingerprint density at radius 1 is 1.55 bits per heavy atom. The maximum absolute atomic E-state index is 10.3. The van der Waals surface area contributed by atoms with Gasteiger partial charge in [-0.05, 0) is 30.7 Å². The van der Waals surface area contributed by atoms with Gasteiger partial charge in [-0.25, -0.2) is 5.53 Å². The second-order valence-corrected chi connectivity index (χ2v) is 2.28. The Balaban J connectivity index is 3.18. The lowest BCUT2D eigenvalue weighted by Crippen LogP contribution is -1.80. The van der Waals surface area contributed by atoms with Crippen LogP contribution in [0, 0.1) is 12.5 Å². The molecule has 0 spiro atoms. The molecule has 0 radical (unpaired) electrons. The van der Waals surface area contributed by atoms with Gasteiger partial charge in [0.15, 0.2) is 0 Å². The molecule has 0 saturated heterocycles. The van der Waals surface area contributed by atoms with Crippen LogP contribution in [0.15, 0.2) is 23.3 Å². The van der Waals surface area contributed by atoms with E-state index in [4.69, 9.17) is 5.53 Å². The molecule has 1 rings (SSSR count). The number of nitrogens with one attached hydrogen (secondary N) is 1. The van der Waals surface area contributed by atoms with E-state index in [2.05, 4.69) is 5.11 Å². The molecule has 0 aliphatic heterocycles. The summed E-state index contributed by atoms with van der Waals surface area (Å²) in [6.45, 7) is 1.82. The molecule has 3 heteroatoms. The summed E-state index contributed by atoms with van der Waals surface area (Å²) in [5.41, 5.74) is 8.83. The minimum Gasteiger partial charge on any atom is -0.298 e. The molecule has 1 aromatic carbocycles. The number of rotatable bonds is 2. The van der Waals surface area contributed by atoms with Crippen LogP contribution in [0.1, 0.15) is 15.9 Å². The maximum atomic E-state index is 10.3. The van der Waals surface area contributed by atoms with Crippen LogP contribution in [0.4, 0.5) is 5.69 Å². The van der Waals surface area contributed by atoms with Crippen LogP contribution in [-0.4, -0.2) is 6.29 Å². The van der Waals surface area contributed by atoms with Gasteiger partial charge in [0.25, 0.3) is 0 Å². The summed E-state index contributed by atoms with van der Waals surface area (Å²) in [7, 11) is 0. The van der Waals surface area contributed by atoms with Crippen LogP contribution in [0.25, 0.3) is 0 Å². The molecule has 0 aromatic heterocycles. The number of carbonyl (C=O) groups excluding carboxylic acids is 1. The lowest BCUT2D eigenvalue weighted by Gasteiger charge is -1.96. The molecule has 0 amide bonds. The zero-order valence-corrected chi connectivity index (χ0v) is 6.16. The normalized spacial score (nSPS) is 9.18. The van der Waals surface area contributed by atoms with E-state index >= 15 is 0 Å². The van der Waals surface area contributed by atoms with Crippen molar-refractivity contribution in [3.05, 3.63) is 29.3 Å². The lowest BCUT2D eigenvalue weighted by atomic mass is 10.1. The highest BCUT2D eigenvalue weighted by Gasteiger charge is 1.96. The maximum Gasteiger partial charge on any atom is 0.150 e. The predicted molar refractivity (Wildman–Crippen MR) is 41.4 cm³/mol. The lowest BCUT2D eigenvalue weighted by molar-refractivity contribution is 0.112. The highest BCUT2D eigenvalue weighted by molar-refractivity contribution is 5.76. The van der Waals surface area contributed by atoms with Crippen molar-refractivity contribution in [1.82, 2.24) is 0 Å². The van der Waals surface area contributed by atoms with Gasteiger partial charge in [0, 0.05) is 5.56 Å². The number of hydrogen-bond donors (Lipinski definition) is 1. The molecule has 1 aromatic rings. The van der Waals surface area contributed by atoms with Gasteiger partial charge in [-0.15, -0.1) is 0 Å². The summed E-state index contributed by atoms with van der Waals surface area (Å²) in [6, 6.07) is 5.01. The number of benzene rings is 1. The minimum absolute atomic E-state index is 0.607. The van der Waals surface area contributed by atoms with Gasteiger partial charge >= 0.3 is 0 Å². The minimum atomic E-state index is 0.607. The van der Waals surface area contributed by atoms with E-state index in [0.29, 0.717) is 11.3 Å². The third kappa shape index (κ3) is 1.49. The summed E-state index contributed by atoms with van der Waals surface area (Å²) in [4.78, 5) is 10.3. The van der Waals surface area contributed by atoms with Gasteiger partial charge in [0.2, 0.25) is 0 Å². The molecular weight excluding hydrogens is 140 g/mol. The van der Waals surface area contributed by atoms with E-state index in [1.54, 1.807) is 18.2 Å². The van der Waals surface area contributed by atoms with E-state index in [0.717, 1.165) is 11.8 Å². The van der Waals surface area contributed by atoms with Gasteiger partial charge in [-0.1, -0.05) is 0 Å². The molecule has 0 atom stereocenters. The van der Waals surface area contributed by atoms with Crippen molar-refractivity contribution in [2.45, 2.75) is 6.92 Å². The van der Waals surface area contributed by atoms with Gasteiger partial charge < -0.3 is 0 Å². The molecule has 1 N–H and O–H groups in total. The summed E-state index contributed by atoms with van der Waals surface area (Å²) >= 11 is 0. The smallest absolute Gasteiger partial charge is 0.150 e. The van der Waals surface area contributed by atoms with E-state index in [1.807, 2.05) is 6.92 Å². The van der Waals surface area contributed by atoms with Crippen LogP contribution in [-0.2, 0) is 0 Å². The number of hydrogen-bond acceptors (Lipinski definition) is 3.